The maximum absolute atomic E-state index is 12.6. The Balaban J connectivity index is 0.00000320. The molecule has 1 amide bonds. The maximum Gasteiger partial charge on any atom is 0.251 e. The highest BCUT2D eigenvalue weighted by Gasteiger charge is 2.31. The van der Waals surface area contributed by atoms with Gasteiger partial charge in [0.15, 0.2) is 5.96 Å². The number of nitrogens with one attached hydrogen (secondary N) is 1. The van der Waals surface area contributed by atoms with E-state index < -0.39 is 0 Å². The van der Waals surface area contributed by atoms with Gasteiger partial charge in [0.2, 0.25) is 0 Å². The number of likely N-dealkylation sites (N-methyl/N-ethyl adjacent to an activating group) is 1. The normalized spacial score (nSPS) is 24.7. The van der Waals surface area contributed by atoms with Crippen LogP contribution in [-0.2, 0) is 9.53 Å². The molecule has 1 aliphatic carbocycles. The number of halogens is 1. The number of nitrogens with zero attached hydrogens (tertiary/aromatic N) is 4. The third-order valence-electron chi connectivity index (χ3n) is 6.72. The van der Waals surface area contributed by atoms with E-state index in [2.05, 4.69) is 36.1 Å². The molecule has 174 valence electrons. The van der Waals surface area contributed by atoms with Crippen molar-refractivity contribution in [2.45, 2.75) is 64.0 Å². The fourth-order valence-electron chi connectivity index (χ4n) is 4.97. The Morgan fingerprint density at radius 1 is 1.07 bits per heavy atom. The first-order valence-electron chi connectivity index (χ1n) is 11.7. The number of ether oxygens (including phenoxy) is 1. The Kier molecular flexibility index (Phi) is 11.2. The molecule has 0 aromatic heterocycles. The third-order valence-corrected chi connectivity index (χ3v) is 6.72. The van der Waals surface area contributed by atoms with Gasteiger partial charge in [0, 0.05) is 45.4 Å². The minimum Gasteiger partial charge on any atom is -0.368 e. The smallest absolute Gasteiger partial charge is 0.251 e. The van der Waals surface area contributed by atoms with Crippen LogP contribution in [0.2, 0.25) is 0 Å². The molecular weight excluding hydrogens is 493 g/mol. The van der Waals surface area contributed by atoms with Gasteiger partial charge in [0.05, 0.1) is 6.54 Å². The van der Waals surface area contributed by atoms with E-state index in [4.69, 9.17) is 9.73 Å². The lowest BCUT2D eigenvalue weighted by atomic mass is 9.83. The predicted octanol–water partition coefficient (Wildman–Crippen LogP) is 2.40. The third kappa shape index (κ3) is 6.95. The van der Waals surface area contributed by atoms with E-state index in [0.29, 0.717) is 6.04 Å². The molecular formula is C22H42IN5O2. The number of hydrogen-bond acceptors (Lipinski definition) is 4. The van der Waals surface area contributed by atoms with Gasteiger partial charge in [-0.3, -0.25) is 9.79 Å². The van der Waals surface area contributed by atoms with Crippen molar-refractivity contribution in [1.82, 2.24) is 20.0 Å². The van der Waals surface area contributed by atoms with E-state index in [1.165, 1.54) is 32.1 Å². The molecule has 2 aliphatic heterocycles. The minimum absolute atomic E-state index is 0. The summed E-state index contributed by atoms with van der Waals surface area (Å²) in [6.07, 6.45) is 8.44. The largest absolute Gasteiger partial charge is 0.368 e. The summed E-state index contributed by atoms with van der Waals surface area (Å²) in [7, 11) is 4.38. The molecule has 0 bridgehead atoms. The zero-order valence-corrected chi connectivity index (χ0v) is 21.5. The van der Waals surface area contributed by atoms with Crippen LogP contribution in [-0.4, -0.2) is 98.7 Å². The number of carbonyl (C=O) groups excluding carboxylic acids is 1. The summed E-state index contributed by atoms with van der Waals surface area (Å²) in [5.74, 6) is 1.93. The molecule has 1 saturated carbocycles. The van der Waals surface area contributed by atoms with Gasteiger partial charge in [-0.2, -0.15) is 0 Å². The SMILES string of the molecule is CCNC(=NCC(C1CCCCC1)N(C)C)N1CCN(C(=O)C2CCCO2)CC1.I. The van der Waals surface area contributed by atoms with Crippen LogP contribution in [0, 0.1) is 5.92 Å². The van der Waals surface area contributed by atoms with Crippen molar-refractivity contribution in [3.8, 4) is 0 Å². The summed E-state index contributed by atoms with van der Waals surface area (Å²) in [4.78, 5) is 24.3. The maximum atomic E-state index is 12.6. The van der Waals surface area contributed by atoms with Crippen molar-refractivity contribution in [3.63, 3.8) is 0 Å². The fraction of sp³-hybridized carbons (Fsp3) is 0.909. The van der Waals surface area contributed by atoms with E-state index in [-0.39, 0.29) is 36.0 Å². The molecule has 1 N–H and O–H groups in total. The van der Waals surface area contributed by atoms with Crippen LogP contribution in [0.3, 0.4) is 0 Å². The second kappa shape index (κ2) is 13.1. The van der Waals surface area contributed by atoms with Gasteiger partial charge in [-0.15, -0.1) is 24.0 Å². The lowest BCUT2D eigenvalue weighted by Gasteiger charge is -2.38. The van der Waals surface area contributed by atoms with Crippen molar-refractivity contribution in [3.05, 3.63) is 0 Å². The molecule has 8 heteroatoms. The molecule has 3 rings (SSSR count). The van der Waals surface area contributed by atoms with Gasteiger partial charge < -0.3 is 24.8 Å². The summed E-state index contributed by atoms with van der Waals surface area (Å²) in [6.45, 7) is 7.73. The molecule has 7 nitrogen and oxygen atoms in total. The number of hydrogen-bond donors (Lipinski definition) is 1. The number of guanidine groups is 1. The summed E-state index contributed by atoms with van der Waals surface area (Å²) < 4.78 is 5.58. The average molecular weight is 536 g/mol. The summed E-state index contributed by atoms with van der Waals surface area (Å²) in [6, 6.07) is 0.506. The molecule has 2 unspecified atom stereocenters. The van der Waals surface area contributed by atoms with Crippen molar-refractivity contribution < 1.29 is 9.53 Å². The number of aliphatic imine (C=N–C) groups is 1. The highest BCUT2D eigenvalue weighted by Crippen LogP contribution is 2.28. The number of piperazine rings is 1. The molecule has 30 heavy (non-hydrogen) atoms. The summed E-state index contributed by atoms with van der Waals surface area (Å²) in [5.41, 5.74) is 0. The Bertz CT molecular complexity index is 540. The first-order valence-corrected chi connectivity index (χ1v) is 11.7. The molecule has 3 aliphatic rings. The molecule has 2 heterocycles. The molecule has 0 radical (unpaired) electrons. The van der Waals surface area contributed by atoms with Crippen LogP contribution in [0.1, 0.15) is 51.9 Å². The highest BCUT2D eigenvalue weighted by molar-refractivity contribution is 14.0. The zero-order valence-electron chi connectivity index (χ0n) is 19.1. The van der Waals surface area contributed by atoms with Crippen LogP contribution in [0.5, 0.6) is 0 Å². The van der Waals surface area contributed by atoms with Crippen molar-refractivity contribution in [2.75, 3.05) is 60.0 Å². The van der Waals surface area contributed by atoms with E-state index in [0.717, 1.165) is 70.6 Å². The average Bonchev–Trinajstić information content (AvgIpc) is 3.28. The molecule has 2 saturated heterocycles. The number of carbonyl (C=O) groups is 1. The molecule has 0 aromatic rings. The van der Waals surface area contributed by atoms with E-state index in [9.17, 15) is 4.79 Å². The Morgan fingerprint density at radius 3 is 2.30 bits per heavy atom. The zero-order chi connectivity index (χ0) is 20.6. The van der Waals surface area contributed by atoms with E-state index >= 15 is 0 Å². The van der Waals surface area contributed by atoms with Gasteiger partial charge in [0.25, 0.3) is 5.91 Å². The fourth-order valence-corrected chi connectivity index (χ4v) is 4.97. The van der Waals surface area contributed by atoms with Gasteiger partial charge in [0.1, 0.15) is 6.10 Å². The standard InChI is InChI=1S/C22H41N5O2.HI/c1-4-23-22(24-17-19(25(2)3)18-9-6-5-7-10-18)27-14-12-26(13-15-27)21(28)20-11-8-16-29-20;/h18-20H,4-17H2,1-3H3,(H,23,24);1H. The number of rotatable bonds is 6. The Morgan fingerprint density at radius 2 is 1.73 bits per heavy atom. The van der Waals surface area contributed by atoms with Crippen LogP contribution < -0.4 is 5.32 Å². The second-order valence-corrected chi connectivity index (χ2v) is 8.94. The molecule has 3 fully saturated rings. The van der Waals surface area contributed by atoms with Crippen LogP contribution in [0.4, 0.5) is 0 Å². The monoisotopic (exact) mass is 535 g/mol. The second-order valence-electron chi connectivity index (χ2n) is 8.94. The van der Waals surface area contributed by atoms with E-state index in [1.54, 1.807) is 0 Å². The van der Waals surface area contributed by atoms with Crippen molar-refractivity contribution in [1.29, 1.82) is 0 Å². The quantitative estimate of drug-likeness (QED) is 0.322. The topological polar surface area (TPSA) is 60.4 Å². The predicted molar refractivity (Wildman–Crippen MR) is 133 cm³/mol. The van der Waals surface area contributed by atoms with Crippen LogP contribution >= 0.6 is 24.0 Å². The van der Waals surface area contributed by atoms with Crippen LogP contribution in [0.25, 0.3) is 0 Å². The number of amides is 1. The van der Waals surface area contributed by atoms with Gasteiger partial charge in [-0.25, -0.2) is 0 Å². The van der Waals surface area contributed by atoms with Gasteiger partial charge in [-0.1, -0.05) is 19.3 Å². The molecule has 2 atom stereocenters. The van der Waals surface area contributed by atoms with Gasteiger partial charge in [-0.05, 0) is 52.6 Å². The Labute approximate surface area is 200 Å². The lowest BCUT2D eigenvalue weighted by Crippen LogP contribution is -2.55. The molecule has 0 spiro atoms. The lowest BCUT2D eigenvalue weighted by molar-refractivity contribution is -0.142. The minimum atomic E-state index is -0.209. The van der Waals surface area contributed by atoms with Crippen molar-refractivity contribution >= 4 is 35.8 Å². The van der Waals surface area contributed by atoms with Crippen LogP contribution in [0.15, 0.2) is 4.99 Å². The highest BCUT2D eigenvalue weighted by atomic mass is 127. The first-order chi connectivity index (χ1) is 14.1. The summed E-state index contributed by atoms with van der Waals surface area (Å²) >= 11 is 0. The summed E-state index contributed by atoms with van der Waals surface area (Å²) in [5, 5.41) is 3.48. The van der Waals surface area contributed by atoms with Crippen molar-refractivity contribution in [2.24, 2.45) is 10.9 Å². The Hall–Kier alpha value is -0.610. The first kappa shape index (κ1) is 25.6. The molecule has 0 aromatic carbocycles. The van der Waals surface area contributed by atoms with E-state index in [1.807, 2.05) is 4.90 Å². The van der Waals surface area contributed by atoms with Gasteiger partial charge >= 0.3 is 0 Å².